The van der Waals surface area contributed by atoms with Crippen LogP contribution in [0.1, 0.15) is 5.56 Å². The van der Waals surface area contributed by atoms with E-state index in [0.717, 1.165) is 5.75 Å². The fourth-order valence-electron chi connectivity index (χ4n) is 1.81. The molecule has 0 aliphatic carbocycles. The van der Waals surface area contributed by atoms with Gasteiger partial charge in [-0.1, -0.05) is 30.3 Å². The van der Waals surface area contributed by atoms with Gasteiger partial charge in [-0.3, -0.25) is 4.79 Å². The molecule has 1 N–H and O–H groups in total. The van der Waals surface area contributed by atoms with Crippen LogP contribution in [0.4, 0.5) is 0 Å². The second-order valence-corrected chi connectivity index (χ2v) is 6.18. The Morgan fingerprint density at radius 1 is 1.37 bits per heavy atom. The summed E-state index contributed by atoms with van der Waals surface area (Å²) >= 11 is 3.01. The molecular weight excluding hydrogens is 282 g/mol. The number of carboxylic acid groups (broad SMARTS) is 1. The molecule has 1 heterocycles. The molecule has 1 saturated heterocycles. The van der Waals surface area contributed by atoms with Gasteiger partial charge in [-0.2, -0.15) is 0 Å². The Bertz CT molecular complexity index is 452. The maximum Gasteiger partial charge on any atom is 0.327 e. The Kier molecular flexibility index (Phi) is 5.15. The van der Waals surface area contributed by atoms with Crippen molar-refractivity contribution >= 4 is 35.4 Å². The van der Waals surface area contributed by atoms with E-state index < -0.39 is 12.0 Å². The van der Waals surface area contributed by atoms with Crippen LogP contribution in [0.5, 0.6) is 0 Å². The molecule has 19 heavy (non-hydrogen) atoms. The Labute approximate surface area is 120 Å². The quantitative estimate of drug-likeness (QED) is 0.899. The van der Waals surface area contributed by atoms with E-state index >= 15 is 0 Å². The number of aliphatic carboxylic acids is 1. The van der Waals surface area contributed by atoms with E-state index in [0.29, 0.717) is 17.4 Å². The molecule has 0 spiro atoms. The van der Waals surface area contributed by atoms with E-state index in [9.17, 15) is 9.59 Å². The van der Waals surface area contributed by atoms with Crippen LogP contribution in [0.25, 0.3) is 0 Å². The third-order valence-electron chi connectivity index (χ3n) is 2.82. The normalized spacial score (nSPS) is 18.5. The molecule has 0 saturated carbocycles. The van der Waals surface area contributed by atoms with E-state index in [1.54, 1.807) is 0 Å². The van der Waals surface area contributed by atoms with Gasteiger partial charge < -0.3 is 10.0 Å². The van der Waals surface area contributed by atoms with Gasteiger partial charge >= 0.3 is 5.97 Å². The molecule has 0 aromatic heterocycles. The maximum atomic E-state index is 12.0. The van der Waals surface area contributed by atoms with Crippen molar-refractivity contribution in [2.24, 2.45) is 0 Å². The summed E-state index contributed by atoms with van der Waals surface area (Å²) in [7, 11) is 0. The highest BCUT2D eigenvalue weighted by Crippen LogP contribution is 2.22. The van der Waals surface area contributed by atoms with Gasteiger partial charge in [-0.15, -0.1) is 23.5 Å². The van der Waals surface area contributed by atoms with Crippen LogP contribution < -0.4 is 0 Å². The largest absolute Gasteiger partial charge is 0.480 e. The van der Waals surface area contributed by atoms with E-state index in [-0.39, 0.29) is 5.91 Å². The molecule has 1 aromatic carbocycles. The van der Waals surface area contributed by atoms with Crippen molar-refractivity contribution in [3.05, 3.63) is 35.9 Å². The lowest BCUT2D eigenvalue weighted by molar-refractivity contribution is -0.146. The highest BCUT2D eigenvalue weighted by Gasteiger charge is 2.34. The summed E-state index contributed by atoms with van der Waals surface area (Å²) in [4.78, 5) is 24.4. The number of carboxylic acids is 1. The van der Waals surface area contributed by atoms with Crippen LogP contribution in [-0.2, 0) is 15.3 Å². The first kappa shape index (κ1) is 14.3. The first-order valence-electron chi connectivity index (χ1n) is 5.90. The summed E-state index contributed by atoms with van der Waals surface area (Å²) in [6, 6.07) is 9.27. The fraction of sp³-hybridized carbons (Fsp3) is 0.385. The van der Waals surface area contributed by atoms with Crippen molar-refractivity contribution in [1.29, 1.82) is 0 Å². The highest BCUT2D eigenvalue weighted by atomic mass is 32.2. The predicted molar refractivity (Wildman–Crippen MR) is 78.2 cm³/mol. The highest BCUT2D eigenvalue weighted by molar-refractivity contribution is 7.99. The zero-order valence-electron chi connectivity index (χ0n) is 10.3. The van der Waals surface area contributed by atoms with Gasteiger partial charge in [0.1, 0.15) is 6.04 Å². The monoisotopic (exact) mass is 297 g/mol. The van der Waals surface area contributed by atoms with Crippen molar-refractivity contribution in [2.45, 2.75) is 11.8 Å². The molecule has 2 rings (SSSR count). The summed E-state index contributed by atoms with van der Waals surface area (Å²) in [5.74, 6) is 1.08. The third kappa shape index (κ3) is 3.91. The molecule has 0 unspecified atom stereocenters. The number of carbonyl (C=O) groups is 2. The van der Waals surface area contributed by atoms with Crippen LogP contribution in [0, 0.1) is 0 Å². The van der Waals surface area contributed by atoms with Gasteiger partial charge in [0.2, 0.25) is 5.91 Å². The van der Waals surface area contributed by atoms with E-state index in [2.05, 4.69) is 0 Å². The van der Waals surface area contributed by atoms with Crippen LogP contribution in [0.3, 0.4) is 0 Å². The minimum absolute atomic E-state index is 0.0849. The molecule has 6 heteroatoms. The summed E-state index contributed by atoms with van der Waals surface area (Å²) in [6.07, 6.45) is 0. The second-order valence-electron chi connectivity index (χ2n) is 4.20. The molecular formula is C13H15NO3S2. The third-order valence-corrected chi connectivity index (χ3v) is 4.83. The van der Waals surface area contributed by atoms with Gasteiger partial charge in [0.25, 0.3) is 0 Å². The molecule has 0 bridgehead atoms. The van der Waals surface area contributed by atoms with Crippen molar-refractivity contribution in [3.8, 4) is 0 Å². The standard InChI is InChI=1S/C13H15NO3S2/c15-12(14-9-19-7-11(14)13(16)17)8-18-6-10-4-2-1-3-5-10/h1-5,11H,6-9H2,(H,16,17)/t11-/m0/s1. The van der Waals surface area contributed by atoms with Crippen molar-refractivity contribution in [1.82, 2.24) is 4.90 Å². The predicted octanol–water partition coefficient (Wildman–Crippen LogP) is 1.91. The van der Waals surface area contributed by atoms with E-state index in [1.165, 1.54) is 34.0 Å². The van der Waals surface area contributed by atoms with Gasteiger partial charge in [-0.05, 0) is 5.56 Å². The lowest BCUT2D eigenvalue weighted by Crippen LogP contribution is -2.42. The lowest BCUT2D eigenvalue weighted by atomic mass is 10.2. The Morgan fingerprint density at radius 2 is 2.11 bits per heavy atom. The summed E-state index contributed by atoms with van der Waals surface area (Å²) < 4.78 is 0. The molecule has 4 nitrogen and oxygen atoms in total. The van der Waals surface area contributed by atoms with E-state index in [1.807, 2.05) is 30.3 Å². The molecule has 0 radical (unpaired) electrons. The summed E-state index contributed by atoms with van der Waals surface area (Å²) in [5, 5.41) is 9.02. The number of amides is 1. The first-order valence-corrected chi connectivity index (χ1v) is 8.21. The molecule has 1 aliphatic heterocycles. The minimum Gasteiger partial charge on any atom is -0.480 e. The Hall–Kier alpha value is -1.14. The molecule has 1 aliphatic rings. The van der Waals surface area contributed by atoms with Crippen molar-refractivity contribution in [2.75, 3.05) is 17.4 Å². The maximum absolute atomic E-state index is 12.0. The molecule has 102 valence electrons. The van der Waals surface area contributed by atoms with Crippen LogP contribution in [0.15, 0.2) is 30.3 Å². The topological polar surface area (TPSA) is 57.6 Å². The van der Waals surface area contributed by atoms with E-state index in [4.69, 9.17) is 5.11 Å². The van der Waals surface area contributed by atoms with Gasteiger partial charge in [0.05, 0.1) is 11.6 Å². The molecule has 1 amide bonds. The average Bonchev–Trinajstić information content (AvgIpc) is 2.89. The second kappa shape index (κ2) is 6.86. The van der Waals surface area contributed by atoms with Crippen LogP contribution >= 0.6 is 23.5 Å². The number of carbonyl (C=O) groups excluding carboxylic acids is 1. The number of hydrogen-bond acceptors (Lipinski definition) is 4. The number of thioether (sulfide) groups is 2. The van der Waals surface area contributed by atoms with Crippen LogP contribution in [-0.4, -0.2) is 45.3 Å². The van der Waals surface area contributed by atoms with Gasteiger partial charge in [0.15, 0.2) is 0 Å². The summed E-state index contributed by atoms with van der Waals surface area (Å²) in [6.45, 7) is 0. The number of benzene rings is 1. The Balaban J connectivity index is 1.80. The minimum atomic E-state index is -0.911. The average molecular weight is 297 g/mol. The lowest BCUT2D eigenvalue weighted by Gasteiger charge is -2.20. The molecule has 1 aromatic rings. The van der Waals surface area contributed by atoms with Crippen molar-refractivity contribution < 1.29 is 14.7 Å². The number of hydrogen-bond donors (Lipinski definition) is 1. The zero-order chi connectivity index (χ0) is 13.7. The first-order chi connectivity index (χ1) is 9.18. The smallest absolute Gasteiger partial charge is 0.327 e. The van der Waals surface area contributed by atoms with Gasteiger partial charge in [0, 0.05) is 11.5 Å². The SMILES string of the molecule is O=C(O)[C@@H]1CSCN1C(=O)CSCc1ccccc1. The number of nitrogens with zero attached hydrogens (tertiary/aromatic N) is 1. The zero-order valence-corrected chi connectivity index (χ0v) is 12.0. The molecule has 1 atom stereocenters. The van der Waals surface area contributed by atoms with Crippen LogP contribution in [0.2, 0.25) is 0 Å². The Morgan fingerprint density at radius 3 is 2.79 bits per heavy atom. The van der Waals surface area contributed by atoms with Gasteiger partial charge in [-0.25, -0.2) is 4.79 Å². The molecule has 1 fully saturated rings. The number of rotatable bonds is 5. The van der Waals surface area contributed by atoms with Crippen molar-refractivity contribution in [3.63, 3.8) is 0 Å². The summed E-state index contributed by atoms with van der Waals surface area (Å²) in [5.41, 5.74) is 1.17. The fourth-order valence-corrected chi connectivity index (χ4v) is 3.85.